The predicted octanol–water partition coefficient (Wildman–Crippen LogP) is 2.27. The van der Waals surface area contributed by atoms with Gasteiger partial charge >= 0.3 is 0 Å². The number of nitrogens with zero attached hydrogens (tertiary/aromatic N) is 1. The lowest BCUT2D eigenvalue weighted by atomic mass is 10.1. The second kappa shape index (κ2) is 11.3. The molecule has 2 aromatic rings. The van der Waals surface area contributed by atoms with Gasteiger partial charge in [-0.05, 0) is 44.0 Å². The fourth-order valence-electron chi connectivity index (χ4n) is 3.33. The molecule has 9 heteroatoms. The van der Waals surface area contributed by atoms with E-state index in [1.54, 1.807) is 6.07 Å². The van der Waals surface area contributed by atoms with Crippen molar-refractivity contribution in [3.05, 3.63) is 54.1 Å². The van der Waals surface area contributed by atoms with Crippen LogP contribution in [0.2, 0.25) is 0 Å². The molecule has 0 radical (unpaired) electrons. The van der Waals surface area contributed by atoms with Gasteiger partial charge in [0.2, 0.25) is 15.9 Å². The number of anilines is 1. The number of sulfonamides is 1. The van der Waals surface area contributed by atoms with E-state index in [0.717, 1.165) is 12.0 Å². The van der Waals surface area contributed by atoms with Crippen molar-refractivity contribution in [2.45, 2.75) is 31.3 Å². The molecule has 1 aliphatic heterocycles. The van der Waals surface area contributed by atoms with E-state index in [1.165, 1.54) is 16.4 Å². The van der Waals surface area contributed by atoms with E-state index >= 15 is 0 Å². The van der Waals surface area contributed by atoms with Gasteiger partial charge in [0.25, 0.3) is 0 Å². The van der Waals surface area contributed by atoms with E-state index in [4.69, 9.17) is 9.47 Å². The van der Waals surface area contributed by atoms with Crippen molar-refractivity contribution in [3.63, 3.8) is 0 Å². The number of carbonyl (C=O) groups excluding carboxylic acids is 1. The number of amides is 1. The van der Waals surface area contributed by atoms with Crippen molar-refractivity contribution >= 4 is 21.6 Å². The molecule has 3 rings (SSSR count). The third-order valence-corrected chi connectivity index (χ3v) is 6.83. The second-order valence-electron chi connectivity index (χ2n) is 7.78. The van der Waals surface area contributed by atoms with E-state index in [9.17, 15) is 13.2 Å². The van der Waals surface area contributed by atoms with Crippen molar-refractivity contribution < 1.29 is 22.7 Å². The van der Waals surface area contributed by atoms with Crippen molar-refractivity contribution in [2.75, 3.05) is 44.7 Å². The van der Waals surface area contributed by atoms with E-state index in [0.29, 0.717) is 44.3 Å². The van der Waals surface area contributed by atoms with Gasteiger partial charge in [-0.3, -0.25) is 4.79 Å². The van der Waals surface area contributed by atoms with Gasteiger partial charge in [0.1, 0.15) is 5.75 Å². The lowest BCUT2D eigenvalue weighted by Crippen LogP contribution is -2.40. The zero-order valence-corrected chi connectivity index (χ0v) is 19.4. The molecule has 0 atom stereocenters. The molecule has 0 saturated carbocycles. The largest absolute Gasteiger partial charge is 0.489 e. The van der Waals surface area contributed by atoms with Crippen LogP contribution in [0.15, 0.2) is 53.4 Å². The number of benzene rings is 2. The zero-order valence-electron chi connectivity index (χ0n) is 18.5. The Kier molecular flexibility index (Phi) is 8.49. The molecule has 174 valence electrons. The monoisotopic (exact) mass is 461 g/mol. The molecule has 8 nitrogen and oxygen atoms in total. The molecule has 1 amide bonds. The Balaban J connectivity index is 1.66. The fraction of sp³-hybridized carbons (Fsp3) is 0.435. The van der Waals surface area contributed by atoms with Gasteiger partial charge in [-0.2, -0.15) is 4.31 Å². The number of rotatable bonds is 10. The van der Waals surface area contributed by atoms with Crippen LogP contribution >= 0.6 is 0 Å². The minimum Gasteiger partial charge on any atom is -0.489 e. The van der Waals surface area contributed by atoms with Gasteiger partial charge in [-0.15, -0.1) is 0 Å². The van der Waals surface area contributed by atoms with Gasteiger partial charge in [-0.1, -0.05) is 30.3 Å². The van der Waals surface area contributed by atoms with Gasteiger partial charge in [0.05, 0.1) is 36.4 Å². The Labute approximate surface area is 190 Å². The Morgan fingerprint density at radius 2 is 1.84 bits per heavy atom. The highest BCUT2D eigenvalue weighted by atomic mass is 32.2. The summed E-state index contributed by atoms with van der Waals surface area (Å²) >= 11 is 0. The van der Waals surface area contributed by atoms with Crippen LogP contribution in [0.5, 0.6) is 5.75 Å². The highest BCUT2D eigenvalue weighted by molar-refractivity contribution is 7.89. The van der Waals surface area contributed by atoms with Crippen LogP contribution in [0.3, 0.4) is 0 Å². The van der Waals surface area contributed by atoms with Crippen molar-refractivity contribution in [3.8, 4) is 5.75 Å². The van der Waals surface area contributed by atoms with Crippen LogP contribution in [0.25, 0.3) is 0 Å². The Morgan fingerprint density at radius 1 is 1.12 bits per heavy atom. The second-order valence-corrected chi connectivity index (χ2v) is 9.72. The number of ether oxygens (including phenoxy) is 2. The third kappa shape index (κ3) is 6.69. The normalized spacial score (nSPS) is 14.8. The molecule has 1 fully saturated rings. The lowest BCUT2D eigenvalue weighted by molar-refractivity contribution is -0.119. The standard InChI is InChI=1S/C23H31N3O5S/c1-18(2)31-22-9-8-20(32(28,29)26-12-14-30-15-13-26)16-21(22)25-17-23(27)24-11-10-19-6-4-3-5-7-19/h3-9,16,18,25H,10-15,17H2,1-2H3,(H,24,27). The SMILES string of the molecule is CC(C)Oc1ccc(S(=O)(=O)N2CCOCC2)cc1NCC(=O)NCCc1ccccc1. The molecule has 0 spiro atoms. The molecular formula is C23H31N3O5S. The highest BCUT2D eigenvalue weighted by Crippen LogP contribution is 2.30. The molecule has 0 aromatic heterocycles. The van der Waals surface area contributed by atoms with Crippen LogP contribution in [-0.4, -0.2) is 64.1 Å². The molecule has 0 bridgehead atoms. The van der Waals surface area contributed by atoms with Crippen LogP contribution in [0.1, 0.15) is 19.4 Å². The number of morpholine rings is 1. The summed E-state index contributed by atoms with van der Waals surface area (Å²) in [7, 11) is -3.66. The van der Waals surface area contributed by atoms with E-state index < -0.39 is 10.0 Å². The topological polar surface area (TPSA) is 97.0 Å². The molecule has 0 aliphatic carbocycles. The smallest absolute Gasteiger partial charge is 0.243 e. The maximum absolute atomic E-state index is 13.0. The number of nitrogens with one attached hydrogen (secondary N) is 2. The quantitative estimate of drug-likeness (QED) is 0.563. The zero-order chi connectivity index (χ0) is 23.0. The van der Waals surface area contributed by atoms with Crippen molar-refractivity contribution in [1.82, 2.24) is 9.62 Å². The first-order valence-corrected chi connectivity index (χ1v) is 12.2. The number of hydrogen-bond donors (Lipinski definition) is 2. The number of carbonyl (C=O) groups is 1. The number of hydrogen-bond acceptors (Lipinski definition) is 6. The molecule has 1 heterocycles. The first-order valence-electron chi connectivity index (χ1n) is 10.8. The summed E-state index contributed by atoms with van der Waals surface area (Å²) in [6.45, 7) is 5.69. The maximum Gasteiger partial charge on any atom is 0.243 e. The minimum atomic E-state index is -3.66. The Bertz CT molecular complexity index is 990. The average Bonchev–Trinajstić information content (AvgIpc) is 2.79. The summed E-state index contributed by atoms with van der Waals surface area (Å²) in [5, 5.41) is 5.91. The summed E-state index contributed by atoms with van der Waals surface area (Å²) in [6.07, 6.45) is 0.638. The predicted molar refractivity (Wildman–Crippen MR) is 123 cm³/mol. The summed E-state index contributed by atoms with van der Waals surface area (Å²) in [5.41, 5.74) is 1.61. The fourth-order valence-corrected chi connectivity index (χ4v) is 4.76. The summed E-state index contributed by atoms with van der Waals surface area (Å²) < 4.78 is 38.5. The van der Waals surface area contributed by atoms with Gasteiger partial charge < -0.3 is 20.1 Å². The molecule has 32 heavy (non-hydrogen) atoms. The molecule has 1 aliphatic rings. The van der Waals surface area contributed by atoms with Crippen LogP contribution < -0.4 is 15.4 Å². The van der Waals surface area contributed by atoms with Crippen LogP contribution in [0.4, 0.5) is 5.69 Å². The van der Waals surface area contributed by atoms with E-state index in [2.05, 4.69) is 10.6 Å². The maximum atomic E-state index is 13.0. The molecular weight excluding hydrogens is 430 g/mol. The average molecular weight is 462 g/mol. The summed E-state index contributed by atoms with van der Waals surface area (Å²) in [5.74, 6) is 0.316. The molecule has 0 unspecified atom stereocenters. The lowest BCUT2D eigenvalue weighted by Gasteiger charge is -2.26. The van der Waals surface area contributed by atoms with Crippen molar-refractivity contribution in [2.24, 2.45) is 0 Å². The Hall–Kier alpha value is -2.62. The van der Waals surface area contributed by atoms with Crippen molar-refractivity contribution in [1.29, 1.82) is 0 Å². The van der Waals surface area contributed by atoms with Gasteiger partial charge in [0, 0.05) is 19.6 Å². The molecule has 2 N–H and O–H groups in total. The molecule has 1 saturated heterocycles. The first kappa shape index (κ1) is 24.0. The summed E-state index contributed by atoms with van der Waals surface area (Å²) in [6, 6.07) is 14.6. The van der Waals surface area contributed by atoms with Crippen LogP contribution in [-0.2, 0) is 26.0 Å². The van der Waals surface area contributed by atoms with Gasteiger partial charge in [-0.25, -0.2) is 8.42 Å². The van der Waals surface area contributed by atoms with E-state index in [-0.39, 0.29) is 23.5 Å². The highest BCUT2D eigenvalue weighted by Gasteiger charge is 2.27. The minimum absolute atomic E-state index is 0.00427. The van der Waals surface area contributed by atoms with Gasteiger partial charge in [0.15, 0.2) is 0 Å². The third-order valence-electron chi connectivity index (χ3n) is 4.94. The Morgan fingerprint density at radius 3 is 2.53 bits per heavy atom. The summed E-state index contributed by atoms with van der Waals surface area (Å²) in [4.78, 5) is 12.5. The first-order chi connectivity index (χ1) is 15.4. The van der Waals surface area contributed by atoms with Crippen LogP contribution in [0, 0.1) is 0 Å². The van der Waals surface area contributed by atoms with E-state index in [1.807, 2.05) is 44.2 Å². The molecule has 2 aromatic carbocycles.